The summed E-state index contributed by atoms with van der Waals surface area (Å²) in [6.45, 7) is 5.85. The van der Waals surface area contributed by atoms with E-state index >= 15 is 0 Å². The van der Waals surface area contributed by atoms with Gasteiger partial charge in [0, 0.05) is 17.3 Å². The van der Waals surface area contributed by atoms with Crippen LogP contribution in [0.4, 0.5) is 15.8 Å². The quantitative estimate of drug-likeness (QED) is 0.264. The van der Waals surface area contributed by atoms with Crippen molar-refractivity contribution in [1.82, 2.24) is 20.0 Å². The Balaban J connectivity index is 1.63. The molecule has 198 valence electrons. The molecule has 0 amide bonds. The lowest BCUT2D eigenvalue weighted by atomic mass is 9.69. The van der Waals surface area contributed by atoms with E-state index in [2.05, 4.69) is 32.0 Å². The number of aliphatic hydroxyl groups excluding tert-OH is 1. The fourth-order valence-corrected chi connectivity index (χ4v) is 4.75. The predicted octanol–water partition coefficient (Wildman–Crippen LogP) is 5.13. The van der Waals surface area contributed by atoms with E-state index in [9.17, 15) is 14.8 Å². The Kier molecular flexibility index (Phi) is 6.99. The lowest BCUT2D eigenvalue weighted by Crippen LogP contribution is -2.38. The number of hydrogen-bond acceptors (Lipinski definition) is 7. The Morgan fingerprint density at radius 1 is 1.26 bits per heavy atom. The molecule has 8 nitrogen and oxygen atoms in total. The summed E-state index contributed by atoms with van der Waals surface area (Å²) in [6, 6.07) is 11.5. The van der Waals surface area contributed by atoms with Crippen LogP contribution in [-0.4, -0.2) is 45.6 Å². The van der Waals surface area contributed by atoms with Crippen LogP contribution in [0.15, 0.2) is 48.8 Å². The molecule has 1 aliphatic rings. The van der Waals surface area contributed by atoms with Crippen LogP contribution in [0.2, 0.25) is 5.02 Å². The number of nitrogens with one attached hydrogen (secondary N) is 2. The Morgan fingerprint density at radius 3 is 2.59 bits per heavy atom. The highest BCUT2D eigenvalue weighted by Crippen LogP contribution is 2.39. The Morgan fingerprint density at radius 2 is 1.97 bits per heavy atom. The van der Waals surface area contributed by atoms with E-state index in [1.807, 2.05) is 20.8 Å². The Bertz CT molecular complexity index is 1560. The molecule has 5 rings (SSSR count). The first-order valence-corrected chi connectivity index (χ1v) is 13.1. The van der Waals surface area contributed by atoms with Gasteiger partial charge in [-0.1, -0.05) is 49.7 Å². The number of aromatic nitrogens is 4. The van der Waals surface area contributed by atoms with Crippen molar-refractivity contribution in [3.05, 3.63) is 76.5 Å². The van der Waals surface area contributed by atoms with Crippen LogP contribution in [0.5, 0.6) is 0 Å². The highest BCUT2D eigenvalue weighted by atomic mass is 35.5. The predicted molar refractivity (Wildman–Crippen MR) is 150 cm³/mol. The van der Waals surface area contributed by atoms with Gasteiger partial charge in [-0.05, 0) is 48.1 Å². The average Bonchev–Trinajstić information content (AvgIpc) is 3.62. The first-order chi connectivity index (χ1) is 18.5. The fourth-order valence-electron chi connectivity index (χ4n) is 4.48. The van der Waals surface area contributed by atoms with Gasteiger partial charge in [0.25, 0.3) is 0 Å². The molecular weight excluding hydrogens is 516 g/mol. The van der Waals surface area contributed by atoms with Gasteiger partial charge in [0.15, 0.2) is 0 Å². The molecule has 39 heavy (non-hydrogen) atoms. The van der Waals surface area contributed by atoms with Gasteiger partial charge in [-0.2, -0.15) is 5.26 Å². The molecule has 2 radical (unpaired) electrons. The fraction of sp³-hybridized carbons (Fsp3) is 0.357. The highest BCUT2D eigenvalue weighted by Gasteiger charge is 2.34. The number of rotatable bonds is 8. The Hall–Kier alpha value is -3.68. The molecule has 0 bridgehead atoms. The summed E-state index contributed by atoms with van der Waals surface area (Å²) in [5, 5.41) is 36.2. The summed E-state index contributed by atoms with van der Waals surface area (Å²) in [7, 11) is 7.00. The summed E-state index contributed by atoms with van der Waals surface area (Å²) in [5.41, 5.74) is 1.15. The number of nitriles is 1. The molecule has 2 heterocycles. The number of hydrogen-bond donors (Lipinski definition) is 3. The van der Waals surface area contributed by atoms with Crippen LogP contribution in [0.3, 0.4) is 0 Å². The standard InChI is InChI=1S/C28H28BClFN7O/c1-27(2,3)24(15-39)34-25-16(12-32)13-33-26-21(25)10-19(11-22(26)30)35-28(29,17-4-6-18(31)7-5-17)23-14-38(37-36-23)20-8-9-20/h4-7,10-11,13-14,20,24,35,39H,8-9,15H2,1-3H3,(H,33,34)/t24-,28?/m0/s1. The van der Waals surface area contributed by atoms with Gasteiger partial charge in [0.2, 0.25) is 0 Å². The first kappa shape index (κ1) is 26.9. The highest BCUT2D eigenvalue weighted by molar-refractivity contribution is 6.36. The van der Waals surface area contributed by atoms with Crippen LogP contribution in [0.1, 0.15) is 56.5 Å². The maximum Gasteiger partial charge on any atom is 0.123 e. The monoisotopic (exact) mass is 543 g/mol. The second-order valence-electron chi connectivity index (χ2n) is 11.0. The normalized spacial score (nSPS) is 15.9. The van der Waals surface area contributed by atoms with Gasteiger partial charge in [-0.15, -0.1) is 5.10 Å². The molecule has 2 aromatic heterocycles. The number of nitrogens with zero attached hydrogens (tertiary/aromatic N) is 5. The number of aliphatic hydroxyl groups is 1. The molecule has 1 unspecified atom stereocenters. The van der Waals surface area contributed by atoms with E-state index in [0.29, 0.717) is 50.2 Å². The lowest BCUT2D eigenvalue weighted by molar-refractivity contribution is 0.202. The lowest BCUT2D eigenvalue weighted by Gasteiger charge is -2.32. The van der Waals surface area contributed by atoms with E-state index in [4.69, 9.17) is 19.4 Å². The van der Waals surface area contributed by atoms with Crippen LogP contribution in [0.25, 0.3) is 10.9 Å². The van der Waals surface area contributed by atoms with Crippen LogP contribution >= 0.6 is 11.6 Å². The molecule has 2 atom stereocenters. The summed E-state index contributed by atoms with van der Waals surface area (Å²) in [4.78, 5) is 4.42. The zero-order valence-electron chi connectivity index (χ0n) is 21.9. The smallest absolute Gasteiger partial charge is 0.123 e. The minimum absolute atomic E-state index is 0.142. The van der Waals surface area contributed by atoms with E-state index in [-0.39, 0.29) is 23.9 Å². The van der Waals surface area contributed by atoms with Gasteiger partial charge in [0.05, 0.1) is 52.1 Å². The topological polar surface area (TPSA) is 112 Å². The van der Waals surface area contributed by atoms with E-state index in [0.717, 1.165) is 12.8 Å². The molecule has 2 aromatic carbocycles. The van der Waals surface area contributed by atoms with Crippen molar-refractivity contribution < 1.29 is 9.50 Å². The van der Waals surface area contributed by atoms with Crippen molar-refractivity contribution in [2.75, 3.05) is 17.2 Å². The molecule has 11 heteroatoms. The number of halogens is 2. The third-order valence-electron chi connectivity index (χ3n) is 7.07. The SMILES string of the molecule is [B]C(Nc1cc(Cl)c2ncc(C#N)c(N[C@@H](CO)C(C)(C)C)c2c1)(c1ccc(F)cc1)c1cn(C2CC2)nn1. The molecule has 1 aliphatic carbocycles. The third kappa shape index (κ3) is 5.29. The van der Waals surface area contributed by atoms with Crippen molar-refractivity contribution >= 4 is 41.7 Å². The van der Waals surface area contributed by atoms with E-state index in [1.54, 1.807) is 35.1 Å². The van der Waals surface area contributed by atoms with Crippen molar-refractivity contribution in [2.24, 2.45) is 5.41 Å². The van der Waals surface area contributed by atoms with Crippen LogP contribution < -0.4 is 10.6 Å². The molecule has 1 fully saturated rings. The van der Waals surface area contributed by atoms with Crippen molar-refractivity contribution in [1.29, 1.82) is 5.26 Å². The summed E-state index contributed by atoms with van der Waals surface area (Å²) in [5.74, 6) is -0.389. The maximum absolute atomic E-state index is 13.8. The maximum atomic E-state index is 13.8. The average molecular weight is 544 g/mol. The molecular formula is C28H28BClFN7O. The zero-order chi connectivity index (χ0) is 27.9. The summed E-state index contributed by atoms with van der Waals surface area (Å²) >= 11 is 6.70. The van der Waals surface area contributed by atoms with Gasteiger partial charge in [-0.25, -0.2) is 9.07 Å². The van der Waals surface area contributed by atoms with Gasteiger partial charge >= 0.3 is 0 Å². The number of anilines is 2. The summed E-state index contributed by atoms with van der Waals surface area (Å²) < 4.78 is 15.6. The number of fused-ring (bicyclic) bond motifs is 1. The van der Waals surface area contributed by atoms with Crippen molar-refractivity contribution in [2.45, 2.75) is 51.1 Å². The van der Waals surface area contributed by atoms with E-state index < -0.39 is 5.44 Å². The van der Waals surface area contributed by atoms with Crippen molar-refractivity contribution in [3.63, 3.8) is 0 Å². The minimum atomic E-state index is -1.38. The van der Waals surface area contributed by atoms with Gasteiger partial charge in [0.1, 0.15) is 25.4 Å². The zero-order valence-corrected chi connectivity index (χ0v) is 22.7. The first-order valence-electron chi connectivity index (χ1n) is 12.7. The van der Waals surface area contributed by atoms with Crippen LogP contribution in [-0.2, 0) is 5.44 Å². The van der Waals surface area contributed by atoms with Gasteiger partial charge in [-0.3, -0.25) is 4.98 Å². The summed E-state index contributed by atoms with van der Waals surface area (Å²) in [6.07, 6.45) is 5.31. The number of benzene rings is 2. The largest absolute Gasteiger partial charge is 0.394 e. The third-order valence-corrected chi connectivity index (χ3v) is 7.36. The van der Waals surface area contributed by atoms with E-state index in [1.165, 1.54) is 18.3 Å². The minimum Gasteiger partial charge on any atom is -0.394 e. The molecule has 3 N–H and O–H groups in total. The van der Waals surface area contributed by atoms with Gasteiger partial charge < -0.3 is 15.7 Å². The molecule has 4 aromatic rings. The number of pyridine rings is 1. The molecule has 0 saturated heterocycles. The molecule has 0 spiro atoms. The second-order valence-corrected chi connectivity index (χ2v) is 11.4. The van der Waals surface area contributed by atoms with Crippen molar-refractivity contribution in [3.8, 4) is 6.07 Å². The Labute approximate surface area is 232 Å². The molecule has 0 aliphatic heterocycles. The van der Waals surface area contributed by atoms with Crippen LogP contribution in [0, 0.1) is 22.6 Å². The molecule has 1 saturated carbocycles. The second kappa shape index (κ2) is 10.1.